The number of methoxy groups -OCH3 is 1. The van der Waals surface area contributed by atoms with Gasteiger partial charge in [0.05, 0.1) is 26.4 Å². The van der Waals surface area contributed by atoms with Gasteiger partial charge in [-0.1, -0.05) is 6.92 Å². The molecule has 18 heavy (non-hydrogen) atoms. The minimum atomic E-state index is -0.310. The summed E-state index contributed by atoms with van der Waals surface area (Å²) in [5.41, 5.74) is 0. The van der Waals surface area contributed by atoms with Crippen molar-refractivity contribution in [1.29, 1.82) is 0 Å². The third-order valence-electron chi connectivity index (χ3n) is 3.77. The van der Waals surface area contributed by atoms with Crippen molar-refractivity contribution in [2.45, 2.75) is 44.5 Å². The molecule has 1 atom stereocenters. The number of likely N-dealkylation sites (N-methyl/N-ethyl adjacent to an activating group) is 1. The van der Waals surface area contributed by atoms with Crippen LogP contribution in [0.3, 0.4) is 0 Å². The monoisotopic (exact) mass is 257 g/mol. The van der Waals surface area contributed by atoms with Crippen molar-refractivity contribution in [3.63, 3.8) is 0 Å². The van der Waals surface area contributed by atoms with Crippen molar-refractivity contribution in [1.82, 2.24) is 4.90 Å². The summed E-state index contributed by atoms with van der Waals surface area (Å²) >= 11 is 0. The number of carbonyl (C=O) groups is 1. The van der Waals surface area contributed by atoms with Gasteiger partial charge in [0.25, 0.3) is 0 Å². The van der Waals surface area contributed by atoms with Crippen molar-refractivity contribution in [3.05, 3.63) is 0 Å². The van der Waals surface area contributed by atoms with Crippen molar-refractivity contribution in [2.75, 3.05) is 33.4 Å². The SMILES string of the molecule is CCN(CC(=O)OC)CC1COC2(CCCC2)O1. The second-order valence-corrected chi connectivity index (χ2v) is 5.07. The van der Waals surface area contributed by atoms with Gasteiger partial charge in [-0.15, -0.1) is 0 Å². The Morgan fingerprint density at radius 2 is 2.17 bits per heavy atom. The average Bonchev–Trinajstić information content (AvgIpc) is 2.99. The van der Waals surface area contributed by atoms with Gasteiger partial charge in [-0.2, -0.15) is 0 Å². The third-order valence-corrected chi connectivity index (χ3v) is 3.77. The summed E-state index contributed by atoms with van der Waals surface area (Å²) in [6.45, 7) is 4.52. The van der Waals surface area contributed by atoms with Crippen LogP contribution in [0.25, 0.3) is 0 Å². The predicted molar refractivity (Wildman–Crippen MR) is 66.2 cm³/mol. The normalized spacial score (nSPS) is 26.1. The maximum Gasteiger partial charge on any atom is 0.319 e. The van der Waals surface area contributed by atoms with Crippen molar-refractivity contribution in [2.24, 2.45) is 0 Å². The first-order chi connectivity index (χ1) is 8.67. The Morgan fingerprint density at radius 3 is 2.78 bits per heavy atom. The molecule has 1 spiro atoms. The molecule has 1 unspecified atom stereocenters. The van der Waals surface area contributed by atoms with E-state index in [1.54, 1.807) is 0 Å². The Labute approximate surface area is 108 Å². The summed E-state index contributed by atoms with van der Waals surface area (Å²) in [5.74, 6) is -0.513. The summed E-state index contributed by atoms with van der Waals surface area (Å²) in [4.78, 5) is 13.3. The van der Waals surface area contributed by atoms with E-state index in [2.05, 4.69) is 4.74 Å². The fourth-order valence-corrected chi connectivity index (χ4v) is 2.72. The molecule has 104 valence electrons. The molecule has 0 radical (unpaired) electrons. The van der Waals surface area contributed by atoms with Crippen molar-refractivity contribution in [3.8, 4) is 0 Å². The van der Waals surface area contributed by atoms with Gasteiger partial charge in [-0.05, 0) is 19.4 Å². The molecule has 1 aliphatic carbocycles. The smallest absolute Gasteiger partial charge is 0.319 e. The summed E-state index contributed by atoms with van der Waals surface area (Å²) < 4.78 is 16.6. The van der Waals surface area contributed by atoms with Crippen LogP contribution >= 0.6 is 0 Å². The summed E-state index contributed by atoms with van der Waals surface area (Å²) in [6, 6.07) is 0. The van der Waals surface area contributed by atoms with Gasteiger partial charge >= 0.3 is 5.97 Å². The number of nitrogens with zero attached hydrogens (tertiary/aromatic N) is 1. The Bertz CT molecular complexity index is 289. The first-order valence-corrected chi connectivity index (χ1v) is 6.78. The maximum absolute atomic E-state index is 11.3. The van der Waals surface area contributed by atoms with E-state index in [1.807, 2.05) is 11.8 Å². The molecule has 5 heteroatoms. The highest BCUT2D eigenvalue weighted by atomic mass is 16.7. The van der Waals surface area contributed by atoms with Gasteiger partial charge in [0, 0.05) is 19.4 Å². The van der Waals surface area contributed by atoms with Gasteiger partial charge in [0.2, 0.25) is 0 Å². The van der Waals surface area contributed by atoms with Gasteiger partial charge in [-0.3, -0.25) is 9.69 Å². The van der Waals surface area contributed by atoms with Crippen LogP contribution in [0.5, 0.6) is 0 Å². The molecule has 0 aromatic heterocycles. The Kier molecular flexibility index (Phi) is 4.59. The number of carbonyl (C=O) groups excluding carboxylic acids is 1. The first-order valence-electron chi connectivity index (χ1n) is 6.78. The molecule has 1 saturated heterocycles. The molecule has 2 aliphatic rings. The lowest BCUT2D eigenvalue weighted by atomic mass is 10.2. The van der Waals surface area contributed by atoms with Crippen LogP contribution in [0, 0.1) is 0 Å². The zero-order valence-electron chi connectivity index (χ0n) is 11.3. The lowest BCUT2D eigenvalue weighted by Gasteiger charge is -2.25. The zero-order chi connectivity index (χ0) is 13.0. The number of ether oxygens (including phenoxy) is 3. The lowest BCUT2D eigenvalue weighted by molar-refractivity contribution is -0.163. The van der Waals surface area contributed by atoms with Crippen LogP contribution in [-0.2, 0) is 19.0 Å². The number of rotatable bonds is 5. The highest BCUT2D eigenvalue weighted by Crippen LogP contribution is 2.39. The van der Waals surface area contributed by atoms with Crippen molar-refractivity contribution >= 4 is 5.97 Å². The highest BCUT2D eigenvalue weighted by Gasteiger charge is 2.43. The molecule has 2 fully saturated rings. The van der Waals surface area contributed by atoms with Crippen LogP contribution in [0.4, 0.5) is 0 Å². The van der Waals surface area contributed by atoms with Gasteiger partial charge < -0.3 is 14.2 Å². The van der Waals surface area contributed by atoms with E-state index in [1.165, 1.54) is 20.0 Å². The highest BCUT2D eigenvalue weighted by molar-refractivity contribution is 5.71. The minimum Gasteiger partial charge on any atom is -0.468 e. The maximum atomic E-state index is 11.3. The third kappa shape index (κ3) is 3.22. The molecule has 0 aromatic rings. The second-order valence-electron chi connectivity index (χ2n) is 5.07. The number of esters is 1. The van der Waals surface area contributed by atoms with E-state index < -0.39 is 0 Å². The molecule has 0 bridgehead atoms. The largest absolute Gasteiger partial charge is 0.468 e. The van der Waals surface area contributed by atoms with Crippen LogP contribution in [0.1, 0.15) is 32.6 Å². The molecular formula is C13H23NO4. The molecule has 0 aromatic carbocycles. The van der Waals surface area contributed by atoms with Crippen LogP contribution in [0.2, 0.25) is 0 Å². The van der Waals surface area contributed by atoms with Gasteiger partial charge in [-0.25, -0.2) is 0 Å². The Balaban J connectivity index is 1.80. The van der Waals surface area contributed by atoms with E-state index in [0.717, 1.165) is 25.9 Å². The van der Waals surface area contributed by atoms with Crippen LogP contribution in [0.15, 0.2) is 0 Å². The van der Waals surface area contributed by atoms with E-state index >= 15 is 0 Å². The number of hydrogen-bond acceptors (Lipinski definition) is 5. The molecule has 0 N–H and O–H groups in total. The summed E-state index contributed by atoms with van der Waals surface area (Å²) in [5, 5.41) is 0. The fraction of sp³-hybridized carbons (Fsp3) is 0.923. The zero-order valence-corrected chi connectivity index (χ0v) is 11.3. The quantitative estimate of drug-likeness (QED) is 0.692. The molecular weight excluding hydrogens is 234 g/mol. The molecule has 0 amide bonds. The van der Waals surface area contributed by atoms with Crippen LogP contribution < -0.4 is 0 Å². The van der Waals surface area contributed by atoms with E-state index in [-0.39, 0.29) is 17.9 Å². The van der Waals surface area contributed by atoms with Gasteiger partial charge in [0.15, 0.2) is 5.79 Å². The van der Waals surface area contributed by atoms with Gasteiger partial charge in [0.1, 0.15) is 0 Å². The summed E-state index contributed by atoms with van der Waals surface area (Å²) in [6.07, 6.45) is 4.46. The molecule has 1 saturated carbocycles. The van der Waals surface area contributed by atoms with Crippen molar-refractivity contribution < 1.29 is 19.0 Å². The number of hydrogen-bond donors (Lipinski definition) is 0. The predicted octanol–water partition coefficient (Wildman–Crippen LogP) is 1.17. The minimum absolute atomic E-state index is 0.0766. The summed E-state index contributed by atoms with van der Waals surface area (Å²) in [7, 11) is 1.42. The van der Waals surface area contributed by atoms with E-state index in [0.29, 0.717) is 13.2 Å². The standard InChI is InChI=1S/C13H23NO4/c1-3-14(9-12(15)16-2)8-11-10-17-13(18-11)6-4-5-7-13/h11H,3-10H2,1-2H3. The Morgan fingerprint density at radius 1 is 1.44 bits per heavy atom. The van der Waals surface area contributed by atoms with E-state index in [9.17, 15) is 4.79 Å². The Hall–Kier alpha value is -0.650. The van der Waals surface area contributed by atoms with E-state index in [4.69, 9.17) is 9.47 Å². The fourth-order valence-electron chi connectivity index (χ4n) is 2.72. The molecule has 1 aliphatic heterocycles. The lowest BCUT2D eigenvalue weighted by Crippen LogP contribution is -2.38. The molecule has 2 rings (SSSR count). The molecule has 5 nitrogen and oxygen atoms in total. The topological polar surface area (TPSA) is 48.0 Å². The molecule has 1 heterocycles. The van der Waals surface area contributed by atoms with Crippen LogP contribution in [-0.4, -0.2) is 56.1 Å². The second kappa shape index (κ2) is 5.99. The average molecular weight is 257 g/mol. The first kappa shape index (κ1) is 13.8.